The first-order chi connectivity index (χ1) is 10.3. The van der Waals surface area contributed by atoms with Gasteiger partial charge in [0.1, 0.15) is 0 Å². The molecule has 1 fully saturated rings. The van der Waals surface area contributed by atoms with Crippen molar-refractivity contribution >= 4 is 17.5 Å². The molecule has 0 N–H and O–H groups in total. The lowest BCUT2D eigenvalue weighted by molar-refractivity contribution is 0.208. The Labute approximate surface area is 128 Å². The third kappa shape index (κ3) is 3.78. The highest BCUT2D eigenvalue weighted by atomic mass is 35.5. The fraction of sp³-hybridized carbons (Fsp3) is 0.429. The highest BCUT2D eigenvalue weighted by Crippen LogP contribution is 2.21. The molecule has 0 amide bonds. The number of nitrogens with zero attached hydrogens (tertiary/aromatic N) is 5. The van der Waals surface area contributed by atoms with Crippen LogP contribution < -0.4 is 9.64 Å². The summed E-state index contributed by atoms with van der Waals surface area (Å²) in [4.78, 5) is 18.8. The van der Waals surface area contributed by atoms with Gasteiger partial charge < -0.3 is 9.64 Å². The number of piperidine rings is 1. The summed E-state index contributed by atoms with van der Waals surface area (Å²) in [6, 6.07) is 2.22. The van der Waals surface area contributed by atoms with Gasteiger partial charge in [-0.25, -0.2) is 19.9 Å². The topological polar surface area (TPSA) is 64.0 Å². The summed E-state index contributed by atoms with van der Waals surface area (Å²) >= 11 is 5.80. The van der Waals surface area contributed by atoms with Crippen molar-refractivity contribution in [1.82, 2.24) is 19.9 Å². The van der Waals surface area contributed by atoms with E-state index in [9.17, 15) is 0 Å². The quantitative estimate of drug-likeness (QED) is 0.863. The fourth-order valence-electron chi connectivity index (χ4n) is 2.32. The number of anilines is 1. The van der Waals surface area contributed by atoms with Gasteiger partial charge in [0.05, 0.1) is 24.0 Å². The zero-order valence-electron chi connectivity index (χ0n) is 11.5. The molecule has 7 heteroatoms. The van der Waals surface area contributed by atoms with Gasteiger partial charge in [0.2, 0.25) is 5.95 Å². The lowest BCUT2D eigenvalue weighted by Crippen LogP contribution is -2.36. The van der Waals surface area contributed by atoms with E-state index in [1.165, 1.54) is 0 Å². The molecule has 0 aliphatic carbocycles. The third-order valence-corrected chi connectivity index (χ3v) is 3.69. The van der Waals surface area contributed by atoms with Crippen LogP contribution in [0.15, 0.2) is 30.9 Å². The monoisotopic (exact) mass is 305 g/mol. The van der Waals surface area contributed by atoms with Crippen LogP contribution in [-0.2, 0) is 0 Å². The van der Waals surface area contributed by atoms with Gasteiger partial charge in [0, 0.05) is 25.5 Å². The first-order valence-corrected chi connectivity index (χ1v) is 7.31. The van der Waals surface area contributed by atoms with Crippen molar-refractivity contribution in [3.63, 3.8) is 0 Å². The summed E-state index contributed by atoms with van der Waals surface area (Å²) in [5.74, 6) is 1.25. The molecule has 21 heavy (non-hydrogen) atoms. The van der Waals surface area contributed by atoms with Crippen molar-refractivity contribution in [2.45, 2.75) is 12.8 Å². The van der Waals surface area contributed by atoms with Gasteiger partial charge in [0.25, 0.3) is 0 Å². The first-order valence-electron chi connectivity index (χ1n) is 6.93. The normalized spacial score (nSPS) is 16.0. The van der Waals surface area contributed by atoms with Crippen molar-refractivity contribution in [2.24, 2.45) is 5.92 Å². The van der Waals surface area contributed by atoms with Crippen molar-refractivity contribution in [3.05, 3.63) is 35.9 Å². The van der Waals surface area contributed by atoms with Crippen LogP contribution >= 0.6 is 11.6 Å². The molecule has 2 aromatic rings. The maximum Gasteiger partial charge on any atom is 0.316 e. The second-order valence-electron chi connectivity index (χ2n) is 4.97. The van der Waals surface area contributed by atoms with Gasteiger partial charge in [-0.1, -0.05) is 11.6 Å². The molecule has 0 unspecified atom stereocenters. The van der Waals surface area contributed by atoms with Gasteiger partial charge >= 0.3 is 6.01 Å². The smallest absolute Gasteiger partial charge is 0.316 e. The molecule has 0 saturated carbocycles. The Bertz CT molecular complexity index is 557. The fourth-order valence-corrected chi connectivity index (χ4v) is 2.42. The molecule has 1 saturated heterocycles. The molecule has 1 aliphatic rings. The first kappa shape index (κ1) is 14.0. The zero-order valence-corrected chi connectivity index (χ0v) is 12.3. The van der Waals surface area contributed by atoms with Crippen molar-refractivity contribution < 1.29 is 4.74 Å². The number of aromatic nitrogens is 4. The second-order valence-corrected chi connectivity index (χ2v) is 5.41. The largest absolute Gasteiger partial charge is 0.463 e. The molecular weight excluding hydrogens is 290 g/mol. The highest BCUT2D eigenvalue weighted by molar-refractivity contribution is 6.30. The Morgan fingerprint density at radius 3 is 2.43 bits per heavy atom. The maximum absolute atomic E-state index is 5.80. The van der Waals surface area contributed by atoms with E-state index in [0.29, 0.717) is 23.6 Å². The van der Waals surface area contributed by atoms with Crippen LogP contribution in [0, 0.1) is 5.92 Å². The average Bonchev–Trinajstić information content (AvgIpc) is 2.55. The summed E-state index contributed by atoms with van der Waals surface area (Å²) in [5, 5.41) is 0.560. The van der Waals surface area contributed by atoms with Crippen LogP contribution in [0.4, 0.5) is 5.95 Å². The van der Waals surface area contributed by atoms with Crippen molar-refractivity contribution in [2.75, 3.05) is 24.6 Å². The Balaban J connectivity index is 1.48. The van der Waals surface area contributed by atoms with Crippen LogP contribution in [0.5, 0.6) is 6.01 Å². The van der Waals surface area contributed by atoms with E-state index >= 15 is 0 Å². The van der Waals surface area contributed by atoms with Crippen LogP contribution in [0.25, 0.3) is 0 Å². The van der Waals surface area contributed by atoms with Crippen molar-refractivity contribution in [3.8, 4) is 6.01 Å². The second kappa shape index (κ2) is 6.67. The molecule has 3 rings (SSSR count). The molecule has 3 heterocycles. The Morgan fingerprint density at radius 1 is 1.10 bits per heavy atom. The summed E-state index contributed by atoms with van der Waals surface area (Å²) in [5.41, 5.74) is 0. The molecule has 1 aliphatic heterocycles. The molecule has 110 valence electrons. The van der Waals surface area contributed by atoms with Gasteiger partial charge in [-0.2, -0.15) is 0 Å². The van der Waals surface area contributed by atoms with E-state index in [1.807, 2.05) is 0 Å². The van der Waals surface area contributed by atoms with Gasteiger partial charge in [0.15, 0.2) is 0 Å². The molecule has 6 nitrogen and oxygen atoms in total. The minimum atomic E-state index is 0.445. The number of hydrogen-bond donors (Lipinski definition) is 0. The minimum Gasteiger partial charge on any atom is -0.463 e. The minimum absolute atomic E-state index is 0.445. The molecule has 0 aromatic carbocycles. The van der Waals surface area contributed by atoms with Crippen LogP contribution in [-0.4, -0.2) is 39.6 Å². The zero-order chi connectivity index (χ0) is 14.5. The van der Waals surface area contributed by atoms with Crippen LogP contribution in [0.1, 0.15) is 12.8 Å². The lowest BCUT2D eigenvalue weighted by Gasteiger charge is -2.31. The van der Waals surface area contributed by atoms with E-state index in [2.05, 4.69) is 24.8 Å². The molecule has 0 radical (unpaired) electrons. The molecule has 0 spiro atoms. The molecule has 2 aromatic heterocycles. The Hall–Kier alpha value is -1.95. The Morgan fingerprint density at radius 2 is 1.76 bits per heavy atom. The summed E-state index contributed by atoms with van der Waals surface area (Å²) < 4.78 is 5.61. The molecule has 0 atom stereocenters. The molecule has 0 bridgehead atoms. The highest BCUT2D eigenvalue weighted by Gasteiger charge is 2.21. The Kier molecular flexibility index (Phi) is 4.45. The van der Waals surface area contributed by atoms with E-state index in [1.54, 1.807) is 30.9 Å². The number of ether oxygens (including phenoxy) is 1. The predicted molar refractivity (Wildman–Crippen MR) is 79.5 cm³/mol. The standard InChI is InChI=1S/C14H16ClN5O/c15-12-8-18-13(19-9-12)20-6-2-11(3-7-20)10-21-14-16-4-1-5-17-14/h1,4-5,8-9,11H,2-3,6-7,10H2. The number of halogens is 1. The van der Waals surface area contributed by atoms with Gasteiger partial charge in [-0.05, 0) is 24.8 Å². The van der Waals surface area contributed by atoms with Gasteiger partial charge in [-0.15, -0.1) is 0 Å². The SMILES string of the molecule is Clc1cnc(N2CCC(COc3ncccn3)CC2)nc1. The maximum atomic E-state index is 5.80. The van der Waals surface area contributed by atoms with E-state index in [-0.39, 0.29) is 0 Å². The van der Waals surface area contributed by atoms with Crippen molar-refractivity contribution in [1.29, 1.82) is 0 Å². The lowest BCUT2D eigenvalue weighted by atomic mass is 9.98. The van der Waals surface area contributed by atoms with E-state index in [0.717, 1.165) is 31.9 Å². The van der Waals surface area contributed by atoms with Crippen LogP contribution in [0.2, 0.25) is 5.02 Å². The summed E-state index contributed by atoms with van der Waals surface area (Å²) in [6.07, 6.45) is 8.71. The summed E-state index contributed by atoms with van der Waals surface area (Å²) in [6.45, 7) is 2.50. The van der Waals surface area contributed by atoms with Crippen LogP contribution in [0.3, 0.4) is 0 Å². The van der Waals surface area contributed by atoms with Gasteiger partial charge in [-0.3, -0.25) is 0 Å². The number of rotatable bonds is 4. The average molecular weight is 306 g/mol. The van der Waals surface area contributed by atoms with E-state index in [4.69, 9.17) is 16.3 Å². The summed E-state index contributed by atoms with van der Waals surface area (Å²) in [7, 11) is 0. The van der Waals surface area contributed by atoms with E-state index < -0.39 is 0 Å². The third-order valence-electron chi connectivity index (χ3n) is 3.49. The molecular formula is C14H16ClN5O. The number of hydrogen-bond acceptors (Lipinski definition) is 6. The predicted octanol–water partition coefficient (Wildman–Crippen LogP) is 2.22.